The van der Waals surface area contributed by atoms with Crippen LogP contribution < -0.4 is 0 Å². The highest BCUT2D eigenvalue weighted by molar-refractivity contribution is 5.92. The number of rotatable bonds is 4. The average Bonchev–Trinajstić information content (AvgIpc) is 3.38. The number of imidazole rings is 1. The van der Waals surface area contributed by atoms with Crippen LogP contribution in [0, 0.1) is 0 Å². The molecule has 134 valence electrons. The number of nitrogens with zero attached hydrogens (tertiary/aromatic N) is 6. The third-order valence-corrected chi connectivity index (χ3v) is 4.64. The molecule has 0 bridgehead atoms. The Kier molecular flexibility index (Phi) is 3.58. The summed E-state index contributed by atoms with van der Waals surface area (Å²) >= 11 is 0. The Labute approximate surface area is 160 Å². The second-order valence-electron chi connectivity index (χ2n) is 6.24. The molecule has 7 heteroatoms. The standard InChI is InChI=1S/C21H15N7/c1-3-13-10-14(4-5-17(13)22-2)20-24-12-16-15(11-25-21(16)26-20)18-6-7-19-23-8-9-28(19)27-18/h3-12H,1-2H2,(H,24,25,26). The Morgan fingerprint density at radius 1 is 1.14 bits per heavy atom. The zero-order chi connectivity index (χ0) is 19.1. The van der Waals surface area contributed by atoms with E-state index in [0.717, 1.165) is 44.8 Å². The molecule has 0 atom stereocenters. The molecule has 28 heavy (non-hydrogen) atoms. The highest BCUT2D eigenvalue weighted by Gasteiger charge is 2.12. The Morgan fingerprint density at radius 3 is 2.93 bits per heavy atom. The zero-order valence-electron chi connectivity index (χ0n) is 14.9. The monoisotopic (exact) mass is 365 g/mol. The first-order valence-corrected chi connectivity index (χ1v) is 8.65. The van der Waals surface area contributed by atoms with Crippen LogP contribution >= 0.6 is 0 Å². The van der Waals surface area contributed by atoms with Gasteiger partial charge in [0.05, 0.1) is 11.4 Å². The van der Waals surface area contributed by atoms with Gasteiger partial charge in [-0.2, -0.15) is 5.10 Å². The number of benzene rings is 1. The van der Waals surface area contributed by atoms with Gasteiger partial charge >= 0.3 is 0 Å². The van der Waals surface area contributed by atoms with E-state index in [4.69, 9.17) is 0 Å². The highest BCUT2D eigenvalue weighted by Crippen LogP contribution is 2.29. The summed E-state index contributed by atoms with van der Waals surface area (Å²) in [6.07, 6.45) is 9.00. The summed E-state index contributed by atoms with van der Waals surface area (Å²) in [5, 5.41) is 5.51. The van der Waals surface area contributed by atoms with E-state index < -0.39 is 0 Å². The van der Waals surface area contributed by atoms with Crippen LogP contribution in [0.25, 0.3) is 45.4 Å². The molecule has 5 aromatic rings. The second-order valence-corrected chi connectivity index (χ2v) is 6.24. The van der Waals surface area contributed by atoms with E-state index in [0.29, 0.717) is 5.82 Å². The van der Waals surface area contributed by atoms with Crippen LogP contribution in [-0.4, -0.2) is 36.3 Å². The quantitative estimate of drug-likeness (QED) is 0.481. The van der Waals surface area contributed by atoms with Crippen LogP contribution in [0.4, 0.5) is 5.69 Å². The number of hydrogen-bond acceptors (Lipinski definition) is 5. The van der Waals surface area contributed by atoms with Crippen molar-refractivity contribution in [2.24, 2.45) is 4.99 Å². The fraction of sp³-hybridized carbons (Fsp3) is 0. The molecule has 0 saturated carbocycles. The van der Waals surface area contributed by atoms with Gasteiger partial charge < -0.3 is 4.98 Å². The normalized spacial score (nSPS) is 11.1. The Bertz CT molecular complexity index is 1360. The Balaban J connectivity index is 1.60. The minimum Gasteiger partial charge on any atom is -0.345 e. The SMILES string of the molecule is C=Cc1cc(-c2ncc3c(-c4ccc5nccn5n4)c[nH]c3n2)ccc1N=C. The number of fused-ring (bicyclic) bond motifs is 2. The van der Waals surface area contributed by atoms with Gasteiger partial charge in [-0.05, 0) is 37.0 Å². The first-order chi connectivity index (χ1) is 13.8. The van der Waals surface area contributed by atoms with Gasteiger partial charge in [0.25, 0.3) is 0 Å². The Morgan fingerprint density at radius 2 is 2.07 bits per heavy atom. The summed E-state index contributed by atoms with van der Waals surface area (Å²) in [7, 11) is 0. The summed E-state index contributed by atoms with van der Waals surface area (Å²) in [4.78, 5) is 20.7. The van der Waals surface area contributed by atoms with Crippen molar-refractivity contribution in [1.82, 2.24) is 29.5 Å². The van der Waals surface area contributed by atoms with Gasteiger partial charge in [-0.15, -0.1) is 0 Å². The molecule has 4 aromatic heterocycles. The molecular formula is C21H15N7. The molecule has 0 aliphatic heterocycles. The van der Waals surface area contributed by atoms with Crippen molar-refractivity contribution >= 4 is 35.2 Å². The van der Waals surface area contributed by atoms with Crippen molar-refractivity contribution < 1.29 is 0 Å². The largest absolute Gasteiger partial charge is 0.345 e. The smallest absolute Gasteiger partial charge is 0.161 e. The number of aromatic amines is 1. The predicted molar refractivity (Wildman–Crippen MR) is 111 cm³/mol. The number of aliphatic imine (C=N–C) groups is 1. The topological polar surface area (TPSA) is 84.1 Å². The summed E-state index contributed by atoms with van der Waals surface area (Å²) in [6.45, 7) is 7.42. The fourth-order valence-corrected chi connectivity index (χ4v) is 3.22. The molecule has 0 fully saturated rings. The van der Waals surface area contributed by atoms with Crippen molar-refractivity contribution in [3.63, 3.8) is 0 Å². The van der Waals surface area contributed by atoms with Crippen LogP contribution in [0.1, 0.15) is 5.56 Å². The van der Waals surface area contributed by atoms with E-state index in [1.165, 1.54) is 0 Å². The third kappa shape index (κ3) is 2.49. The van der Waals surface area contributed by atoms with Gasteiger partial charge in [0.15, 0.2) is 11.5 Å². The molecule has 1 aromatic carbocycles. The average molecular weight is 365 g/mol. The first kappa shape index (κ1) is 16.1. The van der Waals surface area contributed by atoms with Gasteiger partial charge in [0, 0.05) is 46.9 Å². The van der Waals surface area contributed by atoms with Gasteiger partial charge in [-0.3, -0.25) is 4.99 Å². The van der Waals surface area contributed by atoms with Gasteiger partial charge in [-0.1, -0.05) is 12.7 Å². The van der Waals surface area contributed by atoms with Gasteiger partial charge in [0.2, 0.25) is 0 Å². The molecule has 5 rings (SSSR count). The van der Waals surface area contributed by atoms with Crippen LogP contribution in [0.2, 0.25) is 0 Å². The van der Waals surface area contributed by atoms with Crippen molar-refractivity contribution in [2.75, 3.05) is 0 Å². The summed E-state index contributed by atoms with van der Waals surface area (Å²) in [5.74, 6) is 0.623. The highest BCUT2D eigenvalue weighted by atomic mass is 15.2. The Hall–Kier alpha value is -4.13. The van der Waals surface area contributed by atoms with Crippen molar-refractivity contribution in [3.05, 3.63) is 67.3 Å². The molecule has 0 aliphatic carbocycles. The maximum atomic E-state index is 4.68. The van der Waals surface area contributed by atoms with Gasteiger partial charge in [0.1, 0.15) is 5.65 Å². The minimum absolute atomic E-state index is 0.623. The fourth-order valence-electron chi connectivity index (χ4n) is 3.22. The summed E-state index contributed by atoms with van der Waals surface area (Å²) in [6, 6.07) is 9.64. The molecule has 7 nitrogen and oxygen atoms in total. The third-order valence-electron chi connectivity index (χ3n) is 4.64. The molecule has 0 spiro atoms. The second kappa shape index (κ2) is 6.24. The number of hydrogen-bond donors (Lipinski definition) is 1. The van der Waals surface area contributed by atoms with E-state index in [-0.39, 0.29) is 0 Å². The van der Waals surface area contributed by atoms with E-state index in [1.807, 2.05) is 48.9 Å². The summed E-state index contributed by atoms with van der Waals surface area (Å²) in [5.41, 5.74) is 5.87. The first-order valence-electron chi connectivity index (χ1n) is 8.65. The molecule has 0 amide bonds. The van der Waals surface area contributed by atoms with Crippen molar-refractivity contribution in [2.45, 2.75) is 0 Å². The number of nitrogens with one attached hydrogen (secondary N) is 1. The lowest BCUT2D eigenvalue weighted by Gasteiger charge is -2.05. The molecule has 0 saturated heterocycles. The summed E-state index contributed by atoms with van der Waals surface area (Å²) < 4.78 is 1.75. The van der Waals surface area contributed by atoms with Crippen LogP contribution in [0.15, 0.2) is 66.7 Å². The predicted octanol–water partition coefficient (Wildman–Crippen LogP) is 4.31. The number of aromatic nitrogens is 6. The molecule has 0 radical (unpaired) electrons. The van der Waals surface area contributed by atoms with E-state index in [1.54, 1.807) is 16.8 Å². The van der Waals surface area contributed by atoms with Crippen LogP contribution in [0.3, 0.4) is 0 Å². The van der Waals surface area contributed by atoms with Crippen LogP contribution in [0.5, 0.6) is 0 Å². The lowest BCUT2D eigenvalue weighted by molar-refractivity contribution is 0.943. The lowest BCUT2D eigenvalue weighted by atomic mass is 10.1. The minimum atomic E-state index is 0.623. The molecular weight excluding hydrogens is 350 g/mol. The van der Waals surface area contributed by atoms with Crippen molar-refractivity contribution in [1.29, 1.82) is 0 Å². The van der Waals surface area contributed by atoms with Crippen molar-refractivity contribution in [3.8, 4) is 22.6 Å². The maximum absolute atomic E-state index is 4.68. The lowest BCUT2D eigenvalue weighted by Crippen LogP contribution is -1.93. The number of H-pyrrole nitrogens is 1. The van der Waals surface area contributed by atoms with E-state index in [2.05, 4.69) is 43.3 Å². The molecule has 0 unspecified atom stereocenters. The molecule has 0 aliphatic rings. The van der Waals surface area contributed by atoms with E-state index in [9.17, 15) is 0 Å². The van der Waals surface area contributed by atoms with E-state index >= 15 is 0 Å². The molecule has 4 heterocycles. The maximum Gasteiger partial charge on any atom is 0.161 e. The zero-order valence-corrected chi connectivity index (χ0v) is 14.9. The molecule has 1 N–H and O–H groups in total. The van der Waals surface area contributed by atoms with Gasteiger partial charge in [-0.25, -0.2) is 19.5 Å². The van der Waals surface area contributed by atoms with Crippen LogP contribution in [-0.2, 0) is 0 Å².